The Bertz CT molecular complexity index is 384. The summed E-state index contributed by atoms with van der Waals surface area (Å²) in [6.45, 7) is 4.24. The molecule has 1 aliphatic carbocycles. The molecule has 0 aliphatic heterocycles. The number of hydrogen-bond acceptors (Lipinski definition) is 2. The number of likely N-dealkylation sites (N-methyl/N-ethyl adjacent to an activating group) is 1. The molecule has 2 rings (SSSR count). The molecule has 20 heavy (non-hydrogen) atoms. The number of nitrogens with zero attached hydrogens (tertiary/aromatic N) is 1. The fourth-order valence-electron chi connectivity index (χ4n) is 3.14. The van der Waals surface area contributed by atoms with E-state index in [1.165, 1.54) is 31.2 Å². The van der Waals surface area contributed by atoms with E-state index < -0.39 is 0 Å². The van der Waals surface area contributed by atoms with E-state index in [2.05, 4.69) is 24.2 Å². The van der Waals surface area contributed by atoms with Crippen molar-refractivity contribution in [3.63, 3.8) is 0 Å². The van der Waals surface area contributed by atoms with Gasteiger partial charge in [-0.3, -0.25) is 0 Å². The van der Waals surface area contributed by atoms with E-state index in [-0.39, 0.29) is 5.82 Å². The first kappa shape index (κ1) is 15.5. The van der Waals surface area contributed by atoms with Gasteiger partial charge >= 0.3 is 0 Å². The highest BCUT2D eigenvalue weighted by Gasteiger charge is 2.19. The van der Waals surface area contributed by atoms with Crippen LogP contribution in [0.4, 0.5) is 4.39 Å². The Hall–Kier alpha value is -0.930. The Morgan fingerprint density at radius 2 is 1.90 bits per heavy atom. The van der Waals surface area contributed by atoms with Crippen LogP contribution < -0.4 is 5.32 Å². The lowest BCUT2D eigenvalue weighted by molar-refractivity contribution is 0.242. The summed E-state index contributed by atoms with van der Waals surface area (Å²) in [5.41, 5.74) is 1.18. The van der Waals surface area contributed by atoms with Gasteiger partial charge in [0.1, 0.15) is 5.82 Å². The number of nitrogens with one attached hydrogen (secondary N) is 1. The van der Waals surface area contributed by atoms with E-state index in [0.29, 0.717) is 6.04 Å². The maximum atomic E-state index is 13.0. The molecular formula is C17H27FN2. The van der Waals surface area contributed by atoms with Gasteiger partial charge in [-0.05, 0) is 44.0 Å². The lowest BCUT2D eigenvalue weighted by atomic mass is 10.0. The normalized spacial score (nSPS) is 17.8. The monoisotopic (exact) mass is 278 g/mol. The molecule has 0 amide bonds. The molecule has 112 valence electrons. The van der Waals surface area contributed by atoms with Gasteiger partial charge in [-0.25, -0.2) is 4.39 Å². The molecule has 1 fully saturated rings. The van der Waals surface area contributed by atoms with Crippen LogP contribution in [0.5, 0.6) is 0 Å². The van der Waals surface area contributed by atoms with E-state index in [1.54, 1.807) is 12.1 Å². The van der Waals surface area contributed by atoms with Crippen LogP contribution in [-0.2, 0) is 0 Å². The minimum Gasteiger partial charge on any atom is -0.309 e. The van der Waals surface area contributed by atoms with Crippen LogP contribution >= 0.6 is 0 Å². The summed E-state index contributed by atoms with van der Waals surface area (Å²) in [6.07, 6.45) is 6.50. The van der Waals surface area contributed by atoms with Gasteiger partial charge in [0, 0.05) is 25.2 Å². The third-order valence-electron chi connectivity index (χ3n) is 4.48. The predicted octanol–water partition coefficient (Wildman–Crippen LogP) is 3.74. The van der Waals surface area contributed by atoms with Gasteiger partial charge in [-0.15, -0.1) is 0 Å². The fourth-order valence-corrected chi connectivity index (χ4v) is 3.14. The summed E-state index contributed by atoms with van der Waals surface area (Å²) in [5.74, 6) is -0.162. The molecule has 0 heterocycles. The summed E-state index contributed by atoms with van der Waals surface area (Å²) < 4.78 is 13.0. The Morgan fingerprint density at radius 3 is 2.50 bits per heavy atom. The lowest BCUT2D eigenvalue weighted by Gasteiger charge is -2.25. The molecule has 1 N–H and O–H groups in total. The van der Waals surface area contributed by atoms with E-state index in [1.807, 2.05) is 12.1 Å². The van der Waals surface area contributed by atoms with Crippen molar-refractivity contribution in [1.82, 2.24) is 10.2 Å². The van der Waals surface area contributed by atoms with Crippen molar-refractivity contribution < 1.29 is 4.39 Å². The van der Waals surface area contributed by atoms with E-state index in [0.717, 1.165) is 25.6 Å². The summed E-state index contributed by atoms with van der Waals surface area (Å²) >= 11 is 0. The van der Waals surface area contributed by atoms with Gasteiger partial charge in [-0.2, -0.15) is 0 Å². The Labute approximate surface area is 122 Å². The summed E-state index contributed by atoms with van der Waals surface area (Å²) in [7, 11) is 2.23. The van der Waals surface area contributed by atoms with Crippen molar-refractivity contribution in [3.8, 4) is 0 Å². The molecule has 0 saturated heterocycles. The third-order valence-corrected chi connectivity index (χ3v) is 4.48. The molecule has 0 radical (unpaired) electrons. The molecule has 1 aliphatic rings. The summed E-state index contributed by atoms with van der Waals surface area (Å²) in [5, 5.41) is 3.60. The van der Waals surface area contributed by atoms with Crippen LogP contribution in [0, 0.1) is 5.82 Å². The molecule has 0 bridgehead atoms. The summed E-state index contributed by atoms with van der Waals surface area (Å²) in [4.78, 5) is 2.48. The largest absolute Gasteiger partial charge is 0.309 e. The minimum absolute atomic E-state index is 0.162. The highest BCUT2D eigenvalue weighted by molar-refractivity contribution is 5.19. The Balaban J connectivity index is 1.77. The first-order chi connectivity index (χ1) is 9.70. The predicted molar refractivity (Wildman–Crippen MR) is 82.3 cm³/mol. The zero-order valence-electron chi connectivity index (χ0n) is 12.7. The zero-order chi connectivity index (χ0) is 14.4. The van der Waals surface area contributed by atoms with Crippen molar-refractivity contribution in [1.29, 1.82) is 0 Å². The highest BCUT2D eigenvalue weighted by atomic mass is 19.1. The van der Waals surface area contributed by atoms with E-state index >= 15 is 0 Å². The van der Waals surface area contributed by atoms with Gasteiger partial charge in [0.05, 0.1) is 0 Å². The zero-order valence-corrected chi connectivity index (χ0v) is 12.7. The highest BCUT2D eigenvalue weighted by Crippen LogP contribution is 2.22. The van der Waals surface area contributed by atoms with E-state index in [9.17, 15) is 4.39 Å². The average Bonchev–Trinajstić information content (AvgIpc) is 2.99. The maximum absolute atomic E-state index is 13.0. The Kier molecular flexibility index (Phi) is 5.99. The number of halogens is 1. The molecule has 1 atom stereocenters. The standard InChI is InChI=1S/C17H27FN2/c1-3-17(14-8-10-15(18)11-9-14)19-12-13-20(2)16-6-4-5-7-16/h8-11,16-17,19H,3-7,12-13H2,1-2H3. The minimum atomic E-state index is -0.162. The third kappa shape index (κ3) is 4.29. The Morgan fingerprint density at radius 1 is 1.25 bits per heavy atom. The first-order valence-corrected chi connectivity index (χ1v) is 7.89. The van der Waals surface area contributed by atoms with Crippen molar-refractivity contribution >= 4 is 0 Å². The molecule has 1 unspecified atom stereocenters. The first-order valence-electron chi connectivity index (χ1n) is 7.89. The van der Waals surface area contributed by atoms with Gasteiger partial charge in [0.25, 0.3) is 0 Å². The topological polar surface area (TPSA) is 15.3 Å². The van der Waals surface area contributed by atoms with Gasteiger partial charge in [-0.1, -0.05) is 31.9 Å². The quantitative estimate of drug-likeness (QED) is 0.817. The molecule has 0 aromatic heterocycles. The second-order valence-corrected chi connectivity index (χ2v) is 5.89. The maximum Gasteiger partial charge on any atom is 0.123 e. The van der Waals surface area contributed by atoms with Gasteiger partial charge < -0.3 is 10.2 Å². The molecule has 1 aromatic rings. The molecule has 3 heteroatoms. The lowest BCUT2D eigenvalue weighted by Crippen LogP contribution is -2.36. The van der Waals surface area contributed by atoms with Crippen LogP contribution in [0.25, 0.3) is 0 Å². The van der Waals surface area contributed by atoms with Crippen LogP contribution in [0.15, 0.2) is 24.3 Å². The van der Waals surface area contributed by atoms with Crippen LogP contribution in [-0.4, -0.2) is 31.1 Å². The van der Waals surface area contributed by atoms with Crippen molar-refractivity contribution in [2.75, 3.05) is 20.1 Å². The van der Waals surface area contributed by atoms with Crippen molar-refractivity contribution in [2.24, 2.45) is 0 Å². The molecule has 1 saturated carbocycles. The molecule has 0 spiro atoms. The molecular weight excluding hydrogens is 251 g/mol. The van der Waals surface area contributed by atoms with E-state index in [4.69, 9.17) is 0 Å². The second kappa shape index (κ2) is 7.75. The van der Waals surface area contributed by atoms with Crippen molar-refractivity contribution in [3.05, 3.63) is 35.6 Å². The van der Waals surface area contributed by atoms with Crippen LogP contribution in [0.3, 0.4) is 0 Å². The number of benzene rings is 1. The molecule has 2 nitrogen and oxygen atoms in total. The number of hydrogen-bond donors (Lipinski definition) is 1. The molecule has 1 aromatic carbocycles. The van der Waals surface area contributed by atoms with Gasteiger partial charge in [0.15, 0.2) is 0 Å². The van der Waals surface area contributed by atoms with Gasteiger partial charge in [0.2, 0.25) is 0 Å². The average molecular weight is 278 g/mol. The fraction of sp³-hybridized carbons (Fsp3) is 0.647. The second-order valence-electron chi connectivity index (χ2n) is 5.89. The van der Waals surface area contributed by atoms with Crippen molar-refractivity contribution in [2.45, 2.75) is 51.1 Å². The SMILES string of the molecule is CCC(NCCN(C)C1CCCC1)c1ccc(F)cc1. The van der Waals surface area contributed by atoms with Crippen LogP contribution in [0.2, 0.25) is 0 Å². The van der Waals surface area contributed by atoms with Crippen LogP contribution in [0.1, 0.15) is 50.6 Å². The smallest absolute Gasteiger partial charge is 0.123 e. The summed E-state index contributed by atoms with van der Waals surface area (Å²) in [6, 6.07) is 7.97. The number of rotatable bonds is 7.